The summed E-state index contributed by atoms with van der Waals surface area (Å²) in [5.41, 5.74) is 9.56. The van der Waals surface area contributed by atoms with Crippen LogP contribution in [0.25, 0.3) is 60.6 Å². The highest BCUT2D eigenvalue weighted by Crippen LogP contribution is 2.35. The third-order valence-corrected chi connectivity index (χ3v) is 6.74. The molecule has 0 aliphatic heterocycles. The fraction of sp³-hybridized carbons (Fsp3) is 0. The van der Waals surface area contributed by atoms with Crippen molar-refractivity contribution in [3.63, 3.8) is 0 Å². The summed E-state index contributed by atoms with van der Waals surface area (Å²) in [6.45, 7) is 0. The monoisotopic (exact) mass is 434 g/mol. The van der Waals surface area contributed by atoms with Crippen LogP contribution in [0.15, 0.2) is 128 Å². The minimum Gasteiger partial charge on any atom is -0.353 e. The first-order valence-corrected chi connectivity index (χ1v) is 11.6. The summed E-state index contributed by atoms with van der Waals surface area (Å²) in [6.07, 6.45) is 2.19. The van der Waals surface area contributed by atoms with E-state index in [1.165, 1.54) is 55.0 Å². The second kappa shape index (κ2) is 7.50. The van der Waals surface area contributed by atoms with Gasteiger partial charge in [-0.3, -0.25) is 0 Å². The minimum atomic E-state index is 1.15. The van der Waals surface area contributed by atoms with Crippen molar-refractivity contribution in [1.29, 1.82) is 0 Å². The highest BCUT2D eigenvalue weighted by atomic mass is 15.0. The normalized spacial score (nSPS) is 11.5. The molecule has 0 bridgehead atoms. The van der Waals surface area contributed by atoms with Crippen LogP contribution >= 0.6 is 0 Å². The number of aromatic nitrogens is 2. The number of aromatic amines is 1. The number of nitrogens with one attached hydrogen (secondary N) is 1. The molecular weight excluding hydrogens is 412 g/mol. The highest BCUT2D eigenvalue weighted by Gasteiger charge is 2.14. The molecule has 2 aromatic heterocycles. The van der Waals surface area contributed by atoms with Gasteiger partial charge >= 0.3 is 0 Å². The van der Waals surface area contributed by atoms with Crippen molar-refractivity contribution in [2.24, 2.45) is 0 Å². The standard InChI is InChI=1S/C32H22N2/c1-3-9-22(10-4-1)25-19-26(23-11-5-2-6-12-23)21-27(20-25)34-18-17-24-15-16-29-28-13-7-8-14-30(28)33-31(29)32(24)34/h1-21,33H. The van der Waals surface area contributed by atoms with E-state index in [1.807, 2.05) is 0 Å². The highest BCUT2D eigenvalue weighted by molar-refractivity contribution is 6.16. The van der Waals surface area contributed by atoms with Gasteiger partial charge in [-0.05, 0) is 52.6 Å². The Hall–Kier alpha value is -4.56. The van der Waals surface area contributed by atoms with Gasteiger partial charge in [-0.15, -0.1) is 0 Å². The van der Waals surface area contributed by atoms with Gasteiger partial charge in [0.2, 0.25) is 0 Å². The minimum absolute atomic E-state index is 1.15. The molecule has 0 aliphatic rings. The Bertz CT molecular complexity index is 1730. The molecule has 5 aromatic carbocycles. The maximum absolute atomic E-state index is 3.69. The van der Waals surface area contributed by atoms with E-state index >= 15 is 0 Å². The summed E-state index contributed by atoms with van der Waals surface area (Å²) in [5.74, 6) is 0. The largest absolute Gasteiger partial charge is 0.353 e. The molecule has 160 valence electrons. The third-order valence-electron chi connectivity index (χ3n) is 6.74. The number of hydrogen-bond donors (Lipinski definition) is 1. The van der Waals surface area contributed by atoms with Crippen LogP contribution in [0.1, 0.15) is 0 Å². The maximum Gasteiger partial charge on any atom is 0.0771 e. The lowest BCUT2D eigenvalue weighted by Gasteiger charge is -2.13. The second-order valence-electron chi connectivity index (χ2n) is 8.78. The van der Waals surface area contributed by atoms with Crippen LogP contribution in [0, 0.1) is 0 Å². The zero-order chi connectivity index (χ0) is 22.5. The second-order valence-corrected chi connectivity index (χ2v) is 8.78. The van der Waals surface area contributed by atoms with E-state index in [0.717, 1.165) is 5.69 Å². The topological polar surface area (TPSA) is 20.7 Å². The summed E-state index contributed by atoms with van der Waals surface area (Å²) >= 11 is 0. The number of nitrogens with zero attached hydrogens (tertiary/aromatic N) is 1. The molecule has 0 unspecified atom stereocenters. The lowest BCUT2D eigenvalue weighted by Crippen LogP contribution is -1.95. The molecule has 0 saturated carbocycles. The van der Waals surface area contributed by atoms with E-state index in [1.54, 1.807) is 0 Å². The molecule has 0 fully saturated rings. The molecule has 0 aliphatic carbocycles. The number of hydrogen-bond acceptors (Lipinski definition) is 0. The Labute approximate surface area is 197 Å². The van der Waals surface area contributed by atoms with Crippen LogP contribution in [0.2, 0.25) is 0 Å². The average molecular weight is 435 g/mol. The van der Waals surface area contributed by atoms with Crippen LogP contribution in [0.5, 0.6) is 0 Å². The number of H-pyrrole nitrogens is 1. The molecule has 7 rings (SSSR count). The van der Waals surface area contributed by atoms with Crippen molar-refractivity contribution in [2.45, 2.75) is 0 Å². The Morgan fingerprint density at radius 1 is 0.500 bits per heavy atom. The van der Waals surface area contributed by atoms with Crippen LogP contribution in [-0.2, 0) is 0 Å². The van der Waals surface area contributed by atoms with E-state index in [-0.39, 0.29) is 0 Å². The quantitative estimate of drug-likeness (QED) is 0.287. The predicted molar refractivity (Wildman–Crippen MR) is 144 cm³/mol. The van der Waals surface area contributed by atoms with Crippen molar-refractivity contribution in [2.75, 3.05) is 0 Å². The first-order chi connectivity index (χ1) is 16.8. The maximum atomic E-state index is 3.69. The molecule has 7 aromatic rings. The SMILES string of the molecule is c1ccc(-c2cc(-c3ccccc3)cc(-n3ccc4ccc5c6ccccc6[nH]c5c43)c2)cc1. The van der Waals surface area contributed by atoms with Crippen LogP contribution in [0.3, 0.4) is 0 Å². The van der Waals surface area contributed by atoms with E-state index < -0.39 is 0 Å². The molecule has 0 spiro atoms. The summed E-state index contributed by atoms with van der Waals surface area (Å²) in [6, 6.07) is 43.3. The lowest BCUT2D eigenvalue weighted by molar-refractivity contribution is 1.13. The molecule has 0 radical (unpaired) electrons. The van der Waals surface area contributed by atoms with Gasteiger partial charge < -0.3 is 9.55 Å². The van der Waals surface area contributed by atoms with Gasteiger partial charge in [0.15, 0.2) is 0 Å². The van der Waals surface area contributed by atoms with Crippen molar-refractivity contribution in [3.05, 3.63) is 128 Å². The molecule has 0 saturated heterocycles. The van der Waals surface area contributed by atoms with Crippen molar-refractivity contribution < 1.29 is 0 Å². The Morgan fingerprint density at radius 3 is 1.85 bits per heavy atom. The van der Waals surface area contributed by atoms with Crippen LogP contribution in [-0.4, -0.2) is 9.55 Å². The van der Waals surface area contributed by atoms with Gasteiger partial charge in [0.05, 0.1) is 11.0 Å². The number of fused-ring (bicyclic) bond motifs is 5. The fourth-order valence-electron chi connectivity index (χ4n) is 5.10. The van der Waals surface area contributed by atoms with Gasteiger partial charge in [-0.25, -0.2) is 0 Å². The summed E-state index contributed by atoms with van der Waals surface area (Å²) < 4.78 is 2.33. The Morgan fingerprint density at radius 2 is 1.15 bits per heavy atom. The zero-order valence-corrected chi connectivity index (χ0v) is 18.6. The molecule has 0 atom stereocenters. The molecule has 2 heteroatoms. The zero-order valence-electron chi connectivity index (χ0n) is 18.6. The van der Waals surface area contributed by atoms with Crippen molar-refractivity contribution >= 4 is 32.7 Å². The van der Waals surface area contributed by atoms with Gasteiger partial charge in [-0.1, -0.05) is 91.0 Å². The molecular formula is C32H22N2. The molecule has 34 heavy (non-hydrogen) atoms. The molecule has 2 heterocycles. The van der Waals surface area contributed by atoms with Crippen molar-refractivity contribution in [1.82, 2.24) is 9.55 Å². The Kier molecular flexibility index (Phi) is 4.18. The smallest absolute Gasteiger partial charge is 0.0771 e. The number of para-hydroxylation sites is 1. The molecule has 0 amide bonds. The average Bonchev–Trinajstić information content (AvgIpc) is 3.51. The van der Waals surface area contributed by atoms with E-state index in [9.17, 15) is 0 Å². The molecule has 1 N–H and O–H groups in total. The first kappa shape index (κ1) is 19.0. The first-order valence-electron chi connectivity index (χ1n) is 11.6. The van der Waals surface area contributed by atoms with Gasteiger partial charge in [0, 0.05) is 33.6 Å². The van der Waals surface area contributed by atoms with Crippen LogP contribution in [0.4, 0.5) is 0 Å². The molecule has 2 nitrogen and oxygen atoms in total. The van der Waals surface area contributed by atoms with E-state index in [4.69, 9.17) is 0 Å². The van der Waals surface area contributed by atoms with E-state index in [0.29, 0.717) is 0 Å². The third kappa shape index (κ3) is 2.96. The summed E-state index contributed by atoms with van der Waals surface area (Å²) in [4.78, 5) is 3.69. The fourth-order valence-corrected chi connectivity index (χ4v) is 5.10. The summed E-state index contributed by atoms with van der Waals surface area (Å²) in [7, 11) is 0. The van der Waals surface area contributed by atoms with Gasteiger partial charge in [0.25, 0.3) is 0 Å². The van der Waals surface area contributed by atoms with Crippen molar-refractivity contribution in [3.8, 4) is 27.9 Å². The summed E-state index contributed by atoms with van der Waals surface area (Å²) in [5, 5.41) is 3.74. The van der Waals surface area contributed by atoms with Gasteiger partial charge in [0.1, 0.15) is 0 Å². The number of benzene rings is 5. The van der Waals surface area contributed by atoms with Crippen LogP contribution < -0.4 is 0 Å². The van der Waals surface area contributed by atoms with E-state index in [2.05, 4.69) is 137 Å². The van der Waals surface area contributed by atoms with Gasteiger partial charge in [-0.2, -0.15) is 0 Å². The predicted octanol–water partition coefficient (Wildman–Crippen LogP) is 8.60. The Balaban J connectivity index is 1.53. The number of rotatable bonds is 3. The lowest BCUT2D eigenvalue weighted by atomic mass is 9.98.